The van der Waals surface area contributed by atoms with Gasteiger partial charge in [-0.3, -0.25) is 0 Å². The van der Waals surface area contributed by atoms with Gasteiger partial charge in [-0.05, 0) is 35.7 Å². The third-order valence-electron chi connectivity index (χ3n) is 3.69. The van der Waals surface area contributed by atoms with Crippen LogP contribution < -0.4 is 4.90 Å². The molecular weight excluding hydrogens is 306 g/mol. The number of nitrogens with zero attached hydrogens (tertiary/aromatic N) is 3. The van der Waals surface area contributed by atoms with Crippen LogP contribution in [0.25, 0.3) is 0 Å². The Morgan fingerprint density at radius 1 is 1.42 bits per heavy atom. The zero-order valence-corrected chi connectivity index (χ0v) is 13.7. The molecular formula is C14H22BrN3O. The first-order valence-corrected chi connectivity index (χ1v) is 7.57. The van der Waals surface area contributed by atoms with Crippen LogP contribution >= 0.6 is 15.9 Å². The number of piperidine rings is 1. The Morgan fingerprint density at radius 2 is 2.16 bits per heavy atom. The van der Waals surface area contributed by atoms with Gasteiger partial charge in [-0.2, -0.15) is 0 Å². The Morgan fingerprint density at radius 3 is 2.79 bits per heavy atom. The van der Waals surface area contributed by atoms with Gasteiger partial charge in [-0.25, -0.2) is 9.97 Å². The highest BCUT2D eigenvalue weighted by atomic mass is 79.9. The van der Waals surface area contributed by atoms with Crippen LogP contribution in [0.3, 0.4) is 0 Å². The van der Waals surface area contributed by atoms with Gasteiger partial charge in [0.2, 0.25) is 0 Å². The zero-order valence-electron chi connectivity index (χ0n) is 12.1. The second-order valence-corrected chi connectivity index (χ2v) is 6.55. The first kappa shape index (κ1) is 14.7. The average Bonchev–Trinajstić information content (AvgIpc) is 2.38. The van der Waals surface area contributed by atoms with E-state index in [9.17, 15) is 0 Å². The van der Waals surface area contributed by atoms with Gasteiger partial charge >= 0.3 is 0 Å². The molecule has 2 rings (SSSR count). The van der Waals surface area contributed by atoms with Gasteiger partial charge in [0.15, 0.2) is 0 Å². The van der Waals surface area contributed by atoms with Crippen LogP contribution in [0, 0.1) is 0 Å². The monoisotopic (exact) mass is 327 g/mol. The maximum atomic E-state index is 5.64. The van der Waals surface area contributed by atoms with Gasteiger partial charge in [0.25, 0.3) is 0 Å². The van der Waals surface area contributed by atoms with Crippen LogP contribution in [0.15, 0.2) is 10.7 Å². The van der Waals surface area contributed by atoms with Crippen molar-refractivity contribution in [2.24, 2.45) is 0 Å². The van der Waals surface area contributed by atoms with Crippen LogP contribution in [0.2, 0.25) is 0 Å². The lowest BCUT2D eigenvalue weighted by atomic mass is 9.95. The van der Waals surface area contributed by atoms with Crippen molar-refractivity contribution < 1.29 is 4.74 Å². The summed E-state index contributed by atoms with van der Waals surface area (Å²) in [6.45, 7) is 8.30. The Hall–Kier alpha value is -0.680. The van der Waals surface area contributed by atoms with E-state index in [0.29, 0.717) is 5.92 Å². The highest BCUT2D eigenvalue weighted by Crippen LogP contribution is 2.28. The summed E-state index contributed by atoms with van der Waals surface area (Å²) in [7, 11) is 1.79. The topological polar surface area (TPSA) is 38.2 Å². The number of aromatic nitrogens is 2. The number of anilines is 1. The predicted molar refractivity (Wildman–Crippen MR) is 80.7 cm³/mol. The molecule has 106 valence electrons. The lowest BCUT2D eigenvalue weighted by molar-refractivity contribution is -0.00483. The van der Waals surface area contributed by atoms with Crippen molar-refractivity contribution in [2.45, 2.75) is 45.1 Å². The summed E-state index contributed by atoms with van der Waals surface area (Å²) >= 11 is 3.48. The van der Waals surface area contributed by atoms with E-state index in [2.05, 4.69) is 51.6 Å². The van der Waals surface area contributed by atoms with E-state index < -0.39 is 0 Å². The Bertz CT molecular complexity index is 452. The van der Waals surface area contributed by atoms with E-state index >= 15 is 0 Å². The first-order valence-electron chi connectivity index (χ1n) is 6.78. The SMILES string of the molecule is COC1(C)CCCN(c2cc(Br)nc(C(C)C)n2)C1. The molecule has 1 unspecified atom stereocenters. The van der Waals surface area contributed by atoms with Gasteiger partial charge in [-0.1, -0.05) is 13.8 Å². The van der Waals surface area contributed by atoms with Crippen molar-refractivity contribution in [3.8, 4) is 0 Å². The molecule has 5 heteroatoms. The van der Waals surface area contributed by atoms with Crippen LogP contribution in [-0.4, -0.2) is 35.8 Å². The molecule has 19 heavy (non-hydrogen) atoms. The fourth-order valence-corrected chi connectivity index (χ4v) is 2.80. The average molecular weight is 328 g/mol. The minimum Gasteiger partial charge on any atom is -0.377 e. The largest absolute Gasteiger partial charge is 0.377 e. The molecule has 0 spiro atoms. The van der Waals surface area contributed by atoms with Crippen molar-refractivity contribution in [3.05, 3.63) is 16.5 Å². The number of halogens is 1. The van der Waals surface area contributed by atoms with Gasteiger partial charge in [0, 0.05) is 32.2 Å². The molecule has 0 saturated carbocycles. The minimum absolute atomic E-state index is 0.0757. The van der Waals surface area contributed by atoms with Crippen LogP contribution in [-0.2, 0) is 4.74 Å². The third kappa shape index (κ3) is 3.45. The van der Waals surface area contributed by atoms with E-state index in [-0.39, 0.29) is 5.60 Å². The van der Waals surface area contributed by atoms with Crippen molar-refractivity contribution in [3.63, 3.8) is 0 Å². The van der Waals surface area contributed by atoms with Gasteiger partial charge in [0.1, 0.15) is 16.2 Å². The summed E-state index contributed by atoms with van der Waals surface area (Å²) in [6.07, 6.45) is 2.23. The van der Waals surface area contributed by atoms with Crippen molar-refractivity contribution in [1.29, 1.82) is 0 Å². The van der Waals surface area contributed by atoms with E-state index in [0.717, 1.165) is 42.2 Å². The van der Waals surface area contributed by atoms with Crippen LogP contribution in [0.5, 0.6) is 0 Å². The van der Waals surface area contributed by atoms with Gasteiger partial charge < -0.3 is 9.64 Å². The molecule has 0 N–H and O–H groups in total. The number of hydrogen-bond acceptors (Lipinski definition) is 4. The maximum absolute atomic E-state index is 5.64. The molecule has 1 fully saturated rings. The lowest BCUT2D eigenvalue weighted by Crippen LogP contribution is -2.47. The third-order valence-corrected chi connectivity index (χ3v) is 4.10. The molecule has 0 aromatic carbocycles. The minimum atomic E-state index is -0.0757. The molecule has 1 atom stereocenters. The highest BCUT2D eigenvalue weighted by Gasteiger charge is 2.31. The van der Waals surface area contributed by atoms with E-state index in [1.807, 2.05) is 6.07 Å². The maximum Gasteiger partial charge on any atom is 0.134 e. The van der Waals surface area contributed by atoms with E-state index in [1.54, 1.807) is 7.11 Å². The molecule has 0 aliphatic carbocycles. The Labute approximate surface area is 123 Å². The van der Waals surface area contributed by atoms with Crippen LogP contribution in [0.4, 0.5) is 5.82 Å². The second kappa shape index (κ2) is 5.75. The summed E-state index contributed by atoms with van der Waals surface area (Å²) in [4.78, 5) is 11.4. The number of methoxy groups -OCH3 is 1. The number of rotatable bonds is 3. The van der Waals surface area contributed by atoms with Crippen LogP contribution in [0.1, 0.15) is 45.4 Å². The Kier molecular flexibility index (Phi) is 4.46. The standard InChI is InChI=1S/C14H22BrN3O/c1-10(2)13-16-11(15)8-12(17-13)18-7-5-6-14(3,9-18)19-4/h8,10H,5-7,9H2,1-4H3. The fraction of sp³-hybridized carbons (Fsp3) is 0.714. The van der Waals surface area contributed by atoms with Gasteiger partial charge in [0.05, 0.1) is 5.60 Å². The second-order valence-electron chi connectivity index (χ2n) is 5.74. The highest BCUT2D eigenvalue weighted by molar-refractivity contribution is 9.10. The summed E-state index contributed by atoms with van der Waals surface area (Å²) in [5.41, 5.74) is -0.0757. The molecule has 4 nitrogen and oxygen atoms in total. The number of ether oxygens (including phenoxy) is 1. The van der Waals surface area contributed by atoms with Crippen molar-refractivity contribution >= 4 is 21.7 Å². The van der Waals surface area contributed by atoms with E-state index in [1.165, 1.54) is 0 Å². The fourth-order valence-electron chi connectivity index (χ4n) is 2.41. The molecule has 1 aromatic rings. The molecule has 0 amide bonds. The summed E-state index contributed by atoms with van der Waals surface area (Å²) in [5, 5.41) is 0. The molecule has 1 aromatic heterocycles. The summed E-state index contributed by atoms with van der Waals surface area (Å²) in [6, 6.07) is 1.99. The van der Waals surface area contributed by atoms with Gasteiger partial charge in [-0.15, -0.1) is 0 Å². The quantitative estimate of drug-likeness (QED) is 0.798. The molecule has 1 saturated heterocycles. The molecule has 0 bridgehead atoms. The normalized spacial score (nSPS) is 24.0. The molecule has 1 aliphatic heterocycles. The molecule has 1 aliphatic rings. The molecule has 2 heterocycles. The summed E-state index contributed by atoms with van der Waals surface area (Å²) < 4.78 is 6.49. The predicted octanol–water partition coefficient (Wildman–Crippen LogP) is 3.37. The van der Waals surface area contributed by atoms with E-state index in [4.69, 9.17) is 4.74 Å². The first-order chi connectivity index (χ1) is 8.93. The Balaban J connectivity index is 2.26. The summed E-state index contributed by atoms with van der Waals surface area (Å²) in [5.74, 6) is 2.21. The lowest BCUT2D eigenvalue weighted by Gasteiger charge is -2.40. The smallest absolute Gasteiger partial charge is 0.134 e. The zero-order chi connectivity index (χ0) is 14.0. The van der Waals surface area contributed by atoms with Crippen molar-refractivity contribution in [2.75, 3.05) is 25.1 Å². The van der Waals surface area contributed by atoms with Crippen molar-refractivity contribution in [1.82, 2.24) is 9.97 Å². The number of hydrogen-bond donors (Lipinski definition) is 0. The molecule has 0 radical (unpaired) electrons.